The van der Waals surface area contributed by atoms with Crippen LogP contribution in [0.1, 0.15) is 19.8 Å². The number of nitrogen functional groups attached to an aromatic ring is 1. The van der Waals surface area contributed by atoms with Crippen molar-refractivity contribution in [3.05, 3.63) is 24.3 Å². The van der Waals surface area contributed by atoms with Crippen molar-refractivity contribution in [2.45, 2.75) is 19.8 Å². The van der Waals surface area contributed by atoms with Crippen LogP contribution in [0.4, 0.5) is 11.4 Å². The molecule has 0 aliphatic heterocycles. The summed E-state index contributed by atoms with van der Waals surface area (Å²) in [6.07, 6.45) is 2.51. The Morgan fingerprint density at radius 1 is 1.44 bits per heavy atom. The molecule has 1 fully saturated rings. The van der Waals surface area contributed by atoms with E-state index in [9.17, 15) is 4.79 Å². The van der Waals surface area contributed by atoms with Gasteiger partial charge in [0, 0.05) is 13.1 Å². The SMILES string of the molecule is CCN(CC(=O)NCC1CC1)c1ccccc1N. The fraction of sp³-hybridized carbons (Fsp3) is 0.500. The molecule has 1 aliphatic rings. The van der Waals surface area contributed by atoms with Crippen LogP contribution < -0.4 is 16.0 Å². The molecular formula is C14H21N3O. The minimum Gasteiger partial charge on any atom is -0.397 e. The predicted octanol–water partition coefficient (Wildman–Crippen LogP) is 1.62. The number of rotatable bonds is 6. The number of anilines is 2. The fourth-order valence-electron chi connectivity index (χ4n) is 1.95. The maximum atomic E-state index is 11.8. The Hall–Kier alpha value is -1.71. The third-order valence-electron chi connectivity index (χ3n) is 3.28. The lowest BCUT2D eigenvalue weighted by Gasteiger charge is -2.23. The third-order valence-corrected chi connectivity index (χ3v) is 3.28. The van der Waals surface area contributed by atoms with Gasteiger partial charge in [-0.2, -0.15) is 0 Å². The molecule has 0 spiro atoms. The van der Waals surface area contributed by atoms with E-state index < -0.39 is 0 Å². The molecule has 1 aromatic carbocycles. The summed E-state index contributed by atoms with van der Waals surface area (Å²) in [4.78, 5) is 13.8. The summed E-state index contributed by atoms with van der Waals surface area (Å²) in [5, 5.41) is 2.98. The van der Waals surface area contributed by atoms with Gasteiger partial charge in [0.25, 0.3) is 0 Å². The summed E-state index contributed by atoms with van der Waals surface area (Å²) >= 11 is 0. The Morgan fingerprint density at radius 3 is 2.78 bits per heavy atom. The van der Waals surface area contributed by atoms with Crippen molar-refractivity contribution in [3.8, 4) is 0 Å². The van der Waals surface area contributed by atoms with E-state index in [1.165, 1.54) is 12.8 Å². The zero-order valence-corrected chi connectivity index (χ0v) is 10.9. The highest BCUT2D eigenvalue weighted by molar-refractivity contribution is 5.83. The number of carbonyl (C=O) groups excluding carboxylic acids is 1. The molecule has 4 nitrogen and oxygen atoms in total. The molecule has 4 heteroatoms. The van der Waals surface area contributed by atoms with Gasteiger partial charge in [-0.25, -0.2) is 0 Å². The van der Waals surface area contributed by atoms with Gasteiger partial charge >= 0.3 is 0 Å². The summed E-state index contributed by atoms with van der Waals surface area (Å²) in [5.41, 5.74) is 7.58. The second-order valence-electron chi connectivity index (χ2n) is 4.82. The quantitative estimate of drug-likeness (QED) is 0.751. The van der Waals surface area contributed by atoms with Crippen LogP contribution in [0.5, 0.6) is 0 Å². The molecule has 2 rings (SSSR count). The molecule has 0 bridgehead atoms. The summed E-state index contributed by atoms with van der Waals surface area (Å²) in [5.74, 6) is 0.790. The van der Waals surface area contributed by atoms with E-state index in [0.717, 1.165) is 18.8 Å². The Kier molecular flexibility index (Phi) is 4.07. The van der Waals surface area contributed by atoms with Crippen molar-refractivity contribution in [1.29, 1.82) is 0 Å². The van der Waals surface area contributed by atoms with Crippen molar-refractivity contribution in [2.24, 2.45) is 5.92 Å². The molecule has 0 aromatic heterocycles. The van der Waals surface area contributed by atoms with Crippen LogP contribution in [0.25, 0.3) is 0 Å². The highest BCUT2D eigenvalue weighted by Gasteiger charge is 2.22. The largest absolute Gasteiger partial charge is 0.397 e. The lowest BCUT2D eigenvalue weighted by Crippen LogP contribution is -2.38. The first kappa shape index (κ1) is 12.7. The highest BCUT2D eigenvalue weighted by atomic mass is 16.2. The summed E-state index contributed by atoms with van der Waals surface area (Å²) in [6, 6.07) is 7.66. The van der Waals surface area contributed by atoms with Crippen LogP contribution >= 0.6 is 0 Å². The van der Waals surface area contributed by atoms with Gasteiger partial charge in [0.05, 0.1) is 17.9 Å². The van der Waals surface area contributed by atoms with Gasteiger partial charge in [0.15, 0.2) is 0 Å². The summed E-state index contributed by atoms with van der Waals surface area (Å²) < 4.78 is 0. The van der Waals surface area contributed by atoms with Crippen LogP contribution in [0, 0.1) is 5.92 Å². The number of nitrogens with one attached hydrogen (secondary N) is 1. The van der Waals surface area contributed by atoms with E-state index in [2.05, 4.69) is 5.32 Å². The standard InChI is InChI=1S/C14H21N3O/c1-2-17(13-6-4-3-5-12(13)15)10-14(18)16-9-11-7-8-11/h3-6,11H,2,7-10,15H2,1H3,(H,16,18). The topological polar surface area (TPSA) is 58.4 Å². The van der Waals surface area contributed by atoms with Crippen LogP contribution in [-0.4, -0.2) is 25.5 Å². The van der Waals surface area contributed by atoms with Crippen LogP contribution in [0.15, 0.2) is 24.3 Å². The number of hydrogen-bond donors (Lipinski definition) is 2. The predicted molar refractivity (Wildman–Crippen MR) is 74.5 cm³/mol. The molecule has 0 atom stereocenters. The van der Waals surface area contributed by atoms with E-state index in [4.69, 9.17) is 5.73 Å². The third kappa shape index (κ3) is 3.39. The lowest BCUT2D eigenvalue weighted by molar-refractivity contribution is -0.119. The summed E-state index contributed by atoms with van der Waals surface area (Å²) in [7, 11) is 0. The van der Waals surface area contributed by atoms with Gasteiger partial charge < -0.3 is 16.0 Å². The van der Waals surface area contributed by atoms with Crippen molar-refractivity contribution >= 4 is 17.3 Å². The van der Waals surface area contributed by atoms with Crippen molar-refractivity contribution in [3.63, 3.8) is 0 Å². The van der Waals surface area contributed by atoms with Gasteiger partial charge in [0.1, 0.15) is 0 Å². The number of amides is 1. The van der Waals surface area contributed by atoms with Gasteiger partial charge in [-0.1, -0.05) is 12.1 Å². The van der Waals surface area contributed by atoms with Gasteiger partial charge in [-0.05, 0) is 37.8 Å². The minimum absolute atomic E-state index is 0.0759. The Labute approximate surface area is 108 Å². The minimum atomic E-state index is 0.0759. The van der Waals surface area contributed by atoms with Gasteiger partial charge in [-0.3, -0.25) is 4.79 Å². The molecule has 3 N–H and O–H groups in total. The normalized spacial score (nSPS) is 14.3. The van der Waals surface area contributed by atoms with Crippen LogP contribution in [0.3, 0.4) is 0 Å². The van der Waals surface area contributed by atoms with E-state index in [-0.39, 0.29) is 5.91 Å². The highest BCUT2D eigenvalue weighted by Crippen LogP contribution is 2.27. The number of nitrogens with two attached hydrogens (primary N) is 1. The fourth-order valence-corrected chi connectivity index (χ4v) is 1.95. The molecule has 1 aliphatic carbocycles. The Balaban J connectivity index is 1.91. The molecule has 1 saturated carbocycles. The molecule has 98 valence electrons. The number of carbonyl (C=O) groups is 1. The average molecular weight is 247 g/mol. The number of para-hydroxylation sites is 2. The Morgan fingerprint density at radius 2 is 2.17 bits per heavy atom. The van der Waals surface area contributed by atoms with Crippen molar-refractivity contribution in [1.82, 2.24) is 5.32 Å². The van der Waals surface area contributed by atoms with Gasteiger partial charge in [0.2, 0.25) is 5.91 Å². The number of likely N-dealkylation sites (N-methyl/N-ethyl adjacent to an activating group) is 1. The smallest absolute Gasteiger partial charge is 0.239 e. The first-order valence-electron chi connectivity index (χ1n) is 6.57. The number of hydrogen-bond acceptors (Lipinski definition) is 3. The second kappa shape index (κ2) is 5.76. The van der Waals surface area contributed by atoms with Crippen LogP contribution in [0.2, 0.25) is 0 Å². The number of nitrogens with zero attached hydrogens (tertiary/aromatic N) is 1. The monoisotopic (exact) mass is 247 g/mol. The Bertz CT molecular complexity index is 415. The van der Waals surface area contributed by atoms with E-state index in [1.54, 1.807) is 0 Å². The molecule has 1 aromatic rings. The molecule has 18 heavy (non-hydrogen) atoms. The van der Waals surface area contributed by atoms with E-state index in [1.807, 2.05) is 36.1 Å². The van der Waals surface area contributed by atoms with E-state index >= 15 is 0 Å². The molecule has 0 radical (unpaired) electrons. The second-order valence-corrected chi connectivity index (χ2v) is 4.82. The average Bonchev–Trinajstić information content (AvgIpc) is 3.18. The van der Waals surface area contributed by atoms with Gasteiger partial charge in [-0.15, -0.1) is 0 Å². The molecule has 1 amide bonds. The number of benzene rings is 1. The molecule has 0 unspecified atom stereocenters. The first-order valence-corrected chi connectivity index (χ1v) is 6.57. The molecule has 0 heterocycles. The maximum absolute atomic E-state index is 11.8. The maximum Gasteiger partial charge on any atom is 0.239 e. The van der Waals surface area contributed by atoms with E-state index in [0.29, 0.717) is 18.2 Å². The molecule has 0 saturated heterocycles. The van der Waals surface area contributed by atoms with Crippen molar-refractivity contribution in [2.75, 3.05) is 30.3 Å². The molecular weight excluding hydrogens is 226 g/mol. The van der Waals surface area contributed by atoms with Crippen molar-refractivity contribution < 1.29 is 4.79 Å². The van der Waals surface area contributed by atoms with Crippen LogP contribution in [-0.2, 0) is 4.79 Å². The lowest BCUT2D eigenvalue weighted by atomic mass is 10.2. The summed E-state index contributed by atoms with van der Waals surface area (Å²) in [6.45, 7) is 3.99. The zero-order chi connectivity index (χ0) is 13.0. The zero-order valence-electron chi connectivity index (χ0n) is 10.9. The first-order chi connectivity index (χ1) is 8.70.